The van der Waals surface area contributed by atoms with Crippen LogP contribution in [0.5, 0.6) is 0 Å². The summed E-state index contributed by atoms with van der Waals surface area (Å²) >= 11 is 0. The van der Waals surface area contributed by atoms with Crippen molar-refractivity contribution >= 4 is 96.6 Å². The SMILES string of the molecule is C=Cc1nn([C@@H]2O[C@H](CC)[C@H]3OC(C)(C)O[C@H]32)c2ncnc(N)c12.CC[C@H]1O[C@@H](n2nc(C=O)c3c(N)ncnc32)[C@@H]2OC(C)(C)O[C@@H]21.CC[C@H]1O[C@@H](n2nc(CO)c3c(N)ncnc32)[C@@H]2OC(C)(C)O[C@@H]21.CC[C@H]1O[C@@H](n2nc(COC)c3c(N)ncnc32)[C@@H]2OC(C)(C)O[C@@H]21.COCc1nn([C@@H]2O[C@H](CO)[C@H]3OC(C)(C)O[C@H]32)c2ncnc(N)c12. The number of anilines is 5. The average molecular weight is 1700 g/mol. The summed E-state index contributed by atoms with van der Waals surface area (Å²) in [7, 11) is 3.18. The smallest absolute Gasteiger partial charge is 0.181 e. The van der Waals surface area contributed by atoms with Crippen LogP contribution in [0.25, 0.3) is 61.2 Å². The minimum atomic E-state index is -0.767. The lowest BCUT2D eigenvalue weighted by Crippen LogP contribution is -2.31. The molecule has 20 rings (SSSR count). The number of ether oxygens (including phenoxy) is 17. The molecule has 0 spiro atoms. The summed E-state index contributed by atoms with van der Waals surface area (Å²) in [5, 5.41) is 44.8. The predicted molar refractivity (Wildman–Crippen MR) is 428 cm³/mol. The number of aromatic nitrogens is 20. The molecule has 0 bridgehead atoms. The first-order valence-corrected chi connectivity index (χ1v) is 40.5. The largest absolute Gasteiger partial charge is 0.394 e. The Morgan fingerprint density at radius 3 is 0.869 bits per heavy atom. The highest BCUT2D eigenvalue weighted by Gasteiger charge is 2.61. The zero-order valence-corrected chi connectivity index (χ0v) is 70.5. The van der Waals surface area contributed by atoms with Crippen LogP contribution in [0, 0.1) is 0 Å². The normalized spacial score (nSPS) is 31.3. The molecule has 0 radical (unpaired) electrons. The maximum Gasteiger partial charge on any atom is 0.181 e. The molecule has 10 aliphatic heterocycles. The van der Waals surface area contributed by atoms with Gasteiger partial charge in [0.05, 0.1) is 83.5 Å². The van der Waals surface area contributed by atoms with Crippen LogP contribution >= 0.6 is 0 Å². The summed E-state index contributed by atoms with van der Waals surface area (Å²) in [5.41, 5.74) is 35.1. The molecule has 10 aromatic rings. The summed E-state index contributed by atoms with van der Waals surface area (Å²) in [6.07, 6.45) is 6.33. The van der Waals surface area contributed by atoms with Crippen molar-refractivity contribution < 1.29 is 95.5 Å². The van der Waals surface area contributed by atoms with Gasteiger partial charge in [-0.1, -0.05) is 34.3 Å². The van der Waals surface area contributed by atoms with Gasteiger partial charge in [0.25, 0.3) is 0 Å². The van der Waals surface area contributed by atoms with Gasteiger partial charge < -0.3 is 119 Å². The second kappa shape index (κ2) is 33.1. The molecular weight excluding hydrogens is 1600 g/mol. The highest BCUT2D eigenvalue weighted by molar-refractivity contribution is 5.99. The lowest BCUT2D eigenvalue weighted by molar-refractivity contribution is -0.201. The third-order valence-electron chi connectivity index (χ3n) is 22.5. The van der Waals surface area contributed by atoms with Crippen LogP contribution in [0.3, 0.4) is 0 Å². The Kier molecular flexibility index (Phi) is 23.3. The Morgan fingerprint density at radius 2 is 0.598 bits per heavy atom. The van der Waals surface area contributed by atoms with Crippen LogP contribution < -0.4 is 28.7 Å². The maximum atomic E-state index is 11.4. The summed E-state index contributed by atoms with van der Waals surface area (Å²) in [6, 6.07) is 0. The first-order valence-electron chi connectivity index (χ1n) is 40.5. The number of methoxy groups -OCH3 is 2. The van der Waals surface area contributed by atoms with E-state index in [1.807, 2.05) is 83.1 Å². The molecule has 45 nitrogen and oxygen atoms in total. The van der Waals surface area contributed by atoms with Crippen molar-refractivity contribution in [3.8, 4) is 0 Å². The van der Waals surface area contributed by atoms with Gasteiger partial charge in [-0.15, -0.1) is 0 Å². The first kappa shape index (κ1) is 85.9. The van der Waals surface area contributed by atoms with Gasteiger partial charge in [-0.2, -0.15) is 25.5 Å². The van der Waals surface area contributed by atoms with E-state index in [0.29, 0.717) is 108 Å². The Morgan fingerprint density at radius 1 is 0.361 bits per heavy atom. The molecule has 10 fully saturated rings. The molecule has 10 saturated heterocycles. The lowest BCUT2D eigenvalue weighted by Gasteiger charge is -2.24. The second-order valence-electron chi connectivity index (χ2n) is 32.9. The molecule has 0 unspecified atom stereocenters. The highest BCUT2D eigenvalue weighted by atomic mass is 16.8. The van der Waals surface area contributed by atoms with E-state index in [2.05, 4.69) is 95.8 Å². The zero-order chi connectivity index (χ0) is 86.7. The van der Waals surface area contributed by atoms with Gasteiger partial charge in [0, 0.05) is 14.2 Å². The van der Waals surface area contributed by atoms with E-state index < -0.39 is 78.4 Å². The van der Waals surface area contributed by atoms with E-state index in [0.717, 1.165) is 25.7 Å². The fourth-order valence-electron chi connectivity index (χ4n) is 17.7. The number of hydrogen-bond acceptors (Lipinski definition) is 40. The number of aliphatic hydroxyl groups excluding tert-OH is 2. The van der Waals surface area contributed by atoms with Crippen LogP contribution in [0.2, 0.25) is 0 Å². The number of rotatable bonds is 17. The fraction of sp³-hybridized carbons (Fsp3) is 0.636. The summed E-state index contributed by atoms with van der Waals surface area (Å²) in [5.74, 6) is -1.91. The van der Waals surface area contributed by atoms with Crippen molar-refractivity contribution in [1.82, 2.24) is 98.7 Å². The summed E-state index contributed by atoms with van der Waals surface area (Å²) in [6.45, 7) is 30.9. The molecule has 0 aromatic carbocycles. The third kappa shape index (κ3) is 15.5. The number of aldehydes is 1. The number of nitrogens with two attached hydrogens (primary N) is 5. The number of nitrogens with zero attached hydrogens (tertiary/aromatic N) is 20. The van der Waals surface area contributed by atoms with E-state index in [9.17, 15) is 15.0 Å². The number of carbonyl (C=O) groups is 1. The summed E-state index contributed by atoms with van der Waals surface area (Å²) < 4.78 is 109. The van der Waals surface area contributed by atoms with E-state index in [1.54, 1.807) is 43.7 Å². The Balaban J connectivity index is 0.000000113. The molecule has 45 heteroatoms. The summed E-state index contributed by atoms with van der Waals surface area (Å²) in [4.78, 5) is 53.0. The molecule has 0 amide bonds. The molecule has 12 N–H and O–H groups in total. The van der Waals surface area contributed by atoms with Gasteiger partial charge in [-0.3, -0.25) is 4.79 Å². The minimum Gasteiger partial charge on any atom is -0.394 e. The van der Waals surface area contributed by atoms with E-state index in [-0.39, 0.29) is 110 Å². The van der Waals surface area contributed by atoms with Crippen LogP contribution in [0.4, 0.5) is 29.1 Å². The zero-order valence-electron chi connectivity index (χ0n) is 70.5. The number of carbonyl (C=O) groups excluding carboxylic acids is 1. The van der Waals surface area contributed by atoms with Crippen molar-refractivity contribution in [2.45, 2.75) is 294 Å². The van der Waals surface area contributed by atoms with Crippen molar-refractivity contribution in [3.05, 3.63) is 66.7 Å². The van der Waals surface area contributed by atoms with Crippen LogP contribution in [-0.2, 0) is 100 Å². The van der Waals surface area contributed by atoms with Gasteiger partial charge in [-0.25, -0.2) is 73.2 Å². The number of hydrogen-bond donors (Lipinski definition) is 7. The van der Waals surface area contributed by atoms with Gasteiger partial charge in [0.15, 0.2) is 94.6 Å². The third-order valence-corrected chi connectivity index (χ3v) is 22.5. The molecule has 20 heterocycles. The van der Waals surface area contributed by atoms with E-state index >= 15 is 0 Å². The van der Waals surface area contributed by atoms with E-state index in [4.69, 9.17) is 109 Å². The Hall–Kier alpha value is -9.60. The molecule has 10 aliphatic rings. The van der Waals surface area contributed by atoms with Crippen LogP contribution in [0.15, 0.2) is 38.2 Å². The van der Waals surface area contributed by atoms with Crippen LogP contribution in [-0.4, -0.2) is 257 Å². The van der Waals surface area contributed by atoms with Crippen LogP contribution in [0.1, 0.15) is 187 Å². The molecule has 20 atom stereocenters. The van der Waals surface area contributed by atoms with Gasteiger partial charge in [0.1, 0.15) is 151 Å². The second-order valence-corrected chi connectivity index (χ2v) is 32.9. The molecular formula is C77H105N25O20. The molecule has 658 valence electrons. The van der Waals surface area contributed by atoms with Gasteiger partial charge in [0.2, 0.25) is 0 Å². The van der Waals surface area contributed by atoms with Crippen molar-refractivity contribution in [3.63, 3.8) is 0 Å². The van der Waals surface area contributed by atoms with E-state index in [1.165, 1.54) is 31.6 Å². The van der Waals surface area contributed by atoms with Crippen molar-refractivity contribution in [1.29, 1.82) is 0 Å². The number of aliphatic hydroxyl groups is 2. The monoisotopic (exact) mass is 1700 g/mol. The molecule has 10 aromatic heterocycles. The molecule has 122 heavy (non-hydrogen) atoms. The fourth-order valence-corrected chi connectivity index (χ4v) is 17.7. The first-order chi connectivity index (χ1) is 58.2. The molecule has 0 aliphatic carbocycles. The average Bonchev–Trinajstić information content (AvgIpc) is 1.60. The maximum absolute atomic E-state index is 11.4. The minimum absolute atomic E-state index is 0.0626. The molecule has 0 saturated carbocycles. The standard InChI is InChI=1S/C16H23N5O4.C16H21N5O3.C15H21N5O5.C15H21N5O4.C15H19N5O4/c1-5-9-11-12(25-16(2,3)24-11)15(23-9)21-14-10(8(20-21)6-22-4)13(17)18-7-19-14;1-5-8-10-13(17)18-7-19-14(10)21(20-8)15-12-11(9(6-2)22-15)23-16(3,4)24-12;1-15(2)24-10-8(4-21)23-14(11(10)25-15)20-13-9(7(19-20)5-22-3)12(16)17-6-18-13;2*1-4-8-10-11(24-15(2,3)23-10)14(22-8)20-13-9(7(5-21)19-20)12(16)17-6-18-13/h7,9,11-12,15H,5-6H2,1-4H3,(H2,17,18,19);5,7,9,11-12,15H,1,6H2,2-4H3,(H2,17,18,19);6,8,10-11,14,21H,4-5H2,1-3H3,(H2,16,17,18);6,8,10-11,14,21H,4-5H2,1-3H3,(H2,16,17,18);5-6,8,10-11,14H,4H2,1-3H3,(H2,16,17,18)/t2*9-,11-,12-,15-;3*8-,10-,11-,14-/m11111/s1. The topological polar surface area (TPSA) is 563 Å². The van der Waals surface area contributed by atoms with Gasteiger partial charge >= 0.3 is 0 Å². The predicted octanol–water partition coefficient (Wildman–Crippen LogP) is 5.00. The number of fused-ring (bicyclic) bond motifs is 10. The van der Waals surface area contributed by atoms with Gasteiger partial charge in [-0.05, 0) is 101 Å². The lowest BCUT2D eigenvalue weighted by atomic mass is 10.1. The Labute approximate surface area is 698 Å². The number of nitrogen functional groups attached to an aromatic ring is 5. The van der Waals surface area contributed by atoms with Crippen molar-refractivity contribution in [2.75, 3.05) is 49.5 Å². The highest BCUT2D eigenvalue weighted by Crippen LogP contribution is 2.51. The Bertz CT molecular complexity index is 5240. The quantitative estimate of drug-likeness (QED) is 0.0589. The van der Waals surface area contributed by atoms with Crippen molar-refractivity contribution in [2.24, 2.45) is 0 Å².